The predicted octanol–water partition coefficient (Wildman–Crippen LogP) is -0.476. The first kappa shape index (κ1) is 28.5. The van der Waals surface area contributed by atoms with Crippen LogP contribution >= 0.6 is 24.0 Å². The van der Waals surface area contributed by atoms with Gasteiger partial charge in [-0.15, -0.1) is 0 Å². The fourth-order valence-electron chi connectivity index (χ4n) is 4.65. The van der Waals surface area contributed by atoms with E-state index in [-0.39, 0.29) is 6.61 Å². The van der Waals surface area contributed by atoms with Crippen LogP contribution in [0.1, 0.15) is 38.5 Å². The van der Waals surface area contributed by atoms with Gasteiger partial charge in [0.05, 0.1) is 29.9 Å². The molecule has 6 aliphatic rings. The number of ether oxygens (including phenoxy) is 4. The molecule has 10 atom stereocenters. The number of thiocarbonyl (C=S) groups is 1. The first-order chi connectivity index (χ1) is 16.4. The highest BCUT2D eigenvalue weighted by atomic mass is 32.2. The fourth-order valence-corrected chi connectivity index (χ4v) is 5.81. The molecule has 4 bridgehead atoms. The van der Waals surface area contributed by atoms with Crippen molar-refractivity contribution in [1.29, 1.82) is 0 Å². The second-order valence-corrected chi connectivity index (χ2v) is 10.7. The summed E-state index contributed by atoms with van der Waals surface area (Å²) in [6.45, 7) is 0.0132. The maximum Gasteiger partial charge on any atom is 0.187 e. The van der Waals surface area contributed by atoms with Gasteiger partial charge in [0.15, 0.2) is 12.6 Å². The van der Waals surface area contributed by atoms with E-state index in [4.69, 9.17) is 31.2 Å². The Labute approximate surface area is 210 Å². The number of hydrogen-bond acceptors (Lipinski definition) is 11. The number of rotatable bonds is 7. The highest BCUT2D eigenvalue weighted by Crippen LogP contribution is 2.34. The minimum absolute atomic E-state index is 0.334. The summed E-state index contributed by atoms with van der Waals surface area (Å²) in [5, 5.41) is 55.8. The van der Waals surface area contributed by atoms with Crippen LogP contribution in [0.15, 0.2) is 0 Å². The molecule has 0 saturated carbocycles. The van der Waals surface area contributed by atoms with E-state index < -0.39 is 61.2 Å². The Bertz CT molecular complexity index is 631. The van der Waals surface area contributed by atoms with Crippen LogP contribution in [0, 0.1) is 5.92 Å². The zero-order valence-corrected chi connectivity index (χ0v) is 21.2. The van der Waals surface area contributed by atoms with Crippen LogP contribution in [0.3, 0.4) is 0 Å². The van der Waals surface area contributed by atoms with Crippen molar-refractivity contribution >= 4 is 29.0 Å². The van der Waals surface area contributed by atoms with Crippen molar-refractivity contribution in [2.75, 3.05) is 31.8 Å². The van der Waals surface area contributed by atoms with Gasteiger partial charge in [0, 0.05) is 25.3 Å². The summed E-state index contributed by atoms with van der Waals surface area (Å²) >= 11 is 6.76. The third-order valence-electron chi connectivity index (χ3n) is 6.68. The molecular formula is C22H39NO9S2. The van der Waals surface area contributed by atoms with Gasteiger partial charge in [0.2, 0.25) is 0 Å². The van der Waals surface area contributed by atoms with Crippen LogP contribution in [0.25, 0.3) is 0 Å². The summed E-state index contributed by atoms with van der Waals surface area (Å²) in [6, 6.07) is 0. The Hall–Kier alpha value is -0.120. The lowest BCUT2D eigenvalue weighted by molar-refractivity contribution is -0.351. The topological polar surface area (TPSA) is 150 Å². The molecule has 0 aliphatic carbocycles. The number of hydrogen-bond donors (Lipinski definition) is 6. The smallest absolute Gasteiger partial charge is 0.187 e. The predicted molar refractivity (Wildman–Crippen MR) is 129 cm³/mol. The highest BCUT2D eigenvalue weighted by molar-refractivity contribution is 7.99. The first-order valence-electron chi connectivity index (χ1n) is 12.1. The molecule has 0 amide bonds. The molecule has 10 nitrogen and oxygen atoms in total. The third-order valence-corrected chi connectivity index (χ3v) is 8.23. The summed E-state index contributed by atoms with van der Waals surface area (Å²) in [4.78, 5) is 0.791. The normalized spacial score (nSPS) is 41.6. The van der Waals surface area contributed by atoms with E-state index in [1.165, 1.54) is 0 Å². The lowest BCUT2D eigenvalue weighted by Crippen LogP contribution is -2.63. The molecule has 0 aromatic rings. The second-order valence-electron chi connectivity index (χ2n) is 9.07. The van der Waals surface area contributed by atoms with Crippen LogP contribution in [-0.2, 0) is 18.9 Å². The molecule has 12 heteroatoms. The van der Waals surface area contributed by atoms with Gasteiger partial charge in [-0.2, -0.15) is 11.8 Å². The number of aliphatic hydroxyl groups excluding tert-OH is 5. The van der Waals surface area contributed by atoms with Crippen molar-refractivity contribution in [3.05, 3.63) is 0 Å². The molecule has 4 unspecified atom stereocenters. The molecule has 6 heterocycles. The van der Waals surface area contributed by atoms with E-state index in [9.17, 15) is 25.5 Å². The van der Waals surface area contributed by atoms with Gasteiger partial charge in [0.1, 0.15) is 24.4 Å². The largest absolute Gasteiger partial charge is 0.394 e. The van der Waals surface area contributed by atoms with Gasteiger partial charge in [-0.1, -0.05) is 25.1 Å². The summed E-state index contributed by atoms with van der Waals surface area (Å²) < 4.78 is 23.5. The van der Waals surface area contributed by atoms with Crippen molar-refractivity contribution in [2.24, 2.45) is 5.92 Å². The van der Waals surface area contributed by atoms with Crippen LogP contribution in [0.4, 0.5) is 0 Å². The summed E-state index contributed by atoms with van der Waals surface area (Å²) in [6.07, 6.45) is -5.49. The van der Waals surface area contributed by atoms with Crippen LogP contribution in [0.5, 0.6) is 0 Å². The van der Waals surface area contributed by atoms with E-state index in [0.717, 1.165) is 36.4 Å². The highest BCUT2D eigenvalue weighted by Gasteiger charge is 2.50. The van der Waals surface area contributed by atoms with Crippen molar-refractivity contribution in [3.63, 3.8) is 0 Å². The van der Waals surface area contributed by atoms with Crippen LogP contribution in [-0.4, -0.2) is 118 Å². The average molecular weight is 526 g/mol. The zero-order chi connectivity index (χ0) is 24.7. The van der Waals surface area contributed by atoms with Crippen LogP contribution < -0.4 is 5.32 Å². The molecule has 6 aliphatic heterocycles. The van der Waals surface area contributed by atoms with Gasteiger partial charge in [0.25, 0.3) is 0 Å². The lowest BCUT2D eigenvalue weighted by Gasteiger charge is -2.47. The van der Waals surface area contributed by atoms with Crippen molar-refractivity contribution in [2.45, 2.75) is 93.8 Å². The van der Waals surface area contributed by atoms with E-state index >= 15 is 0 Å². The maximum atomic E-state index is 10.9. The van der Waals surface area contributed by atoms with E-state index in [1.807, 2.05) is 0 Å². The molecule has 0 radical (unpaired) electrons. The van der Waals surface area contributed by atoms with Gasteiger partial charge in [-0.25, -0.2) is 0 Å². The van der Waals surface area contributed by atoms with E-state index in [0.29, 0.717) is 25.2 Å². The Morgan fingerprint density at radius 3 is 2.41 bits per heavy atom. The number of thioether (sulfide) groups is 1. The van der Waals surface area contributed by atoms with Gasteiger partial charge < -0.3 is 49.8 Å². The fraction of sp³-hybridized carbons (Fsp3) is 0.955. The van der Waals surface area contributed by atoms with Gasteiger partial charge in [-0.3, -0.25) is 0 Å². The molecular weight excluding hydrogens is 486 g/mol. The Morgan fingerprint density at radius 1 is 0.941 bits per heavy atom. The third kappa shape index (κ3) is 7.22. The minimum atomic E-state index is -1.37. The molecule has 6 saturated heterocycles. The maximum absolute atomic E-state index is 10.9. The number of nitrogens with one attached hydrogen (secondary N) is 1. The zero-order valence-electron chi connectivity index (χ0n) is 19.5. The lowest BCUT2D eigenvalue weighted by atomic mass is 9.85. The van der Waals surface area contributed by atoms with E-state index in [1.54, 1.807) is 18.8 Å². The first-order valence-corrected chi connectivity index (χ1v) is 13.6. The Balaban J connectivity index is 1.74. The van der Waals surface area contributed by atoms with E-state index in [2.05, 4.69) is 5.32 Å². The molecule has 34 heavy (non-hydrogen) atoms. The number of aliphatic hydroxyl groups is 5. The average Bonchev–Trinajstić information content (AvgIpc) is 2.84. The standard InChI is InChI=1S/C22H39NO9S2/c1-23-15(33)7-5-9-34-11-14-20-17(26)19(28)21(31-14)29-8-4-2-3-6-12-13(10-24)30-22(32-20)18(27)16(12)25/h12-14,16-22,24-28H,2-11H2,1H3,(H,23,33)/t12?,13?,14?,16-,17+,18+,19+,20?,21+,22-/m0/s1. The molecule has 0 aromatic heterocycles. The summed E-state index contributed by atoms with van der Waals surface area (Å²) in [5.41, 5.74) is 0. The minimum Gasteiger partial charge on any atom is -0.394 e. The second kappa shape index (κ2) is 14.0. The molecule has 6 fully saturated rings. The SMILES string of the molecule is CNC(=S)CCCSCC1O[C@H]2OCCCCCC3C(CO)O[C@@H](OC1[C@H](O)[C@H]2O)[C@H](O)[C@H]3O. The molecule has 6 N–H and O–H groups in total. The quantitative estimate of drug-likeness (QED) is 0.188. The van der Waals surface area contributed by atoms with Gasteiger partial charge in [-0.05, 0) is 31.4 Å². The monoisotopic (exact) mass is 525 g/mol. The Kier molecular flexibility index (Phi) is 11.7. The molecule has 198 valence electrons. The van der Waals surface area contributed by atoms with Crippen molar-refractivity contribution in [3.8, 4) is 0 Å². The van der Waals surface area contributed by atoms with Crippen LogP contribution in [0.2, 0.25) is 0 Å². The van der Waals surface area contributed by atoms with Gasteiger partial charge >= 0.3 is 0 Å². The van der Waals surface area contributed by atoms with Crippen molar-refractivity contribution in [1.82, 2.24) is 5.32 Å². The molecule has 0 aromatic carbocycles. The summed E-state index contributed by atoms with van der Waals surface area (Å²) in [5.74, 6) is 0.801. The van der Waals surface area contributed by atoms with Crippen molar-refractivity contribution < 1.29 is 44.5 Å². The summed E-state index contributed by atoms with van der Waals surface area (Å²) in [7, 11) is 1.80. The Morgan fingerprint density at radius 2 is 1.68 bits per heavy atom. The molecule has 6 rings (SSSR count). The molecule has 0 spiro atoms.